The van der Waals surface area contributed by atoms with E-state index >= 15 is 0 Å². The summed E-state index contributed by atoms with van der Waals surface area (Å²) in [6.45, 7) is 3.26. The molecule has 1 fully saturated rings. The second-order valence-corrected chi connectivity index (χ2v) is 9.48. The number of allylic oxidation sites excluding steroid dienone is 2. The van der Waals surface area contributed by atoms with Crippen LogP contribution in [0.15, 0.2) is 42.5 Å². The van der Waals surface area contributed by atoms with Gasteiger partial charge in [-0.15, -0.1) is 0 Å². The smallest absolute Gasteiger partial charge is 0.309 e. The van der Waals surface area contributed by atoms with Crippen LogP contribution in [0.5, 0.6) is 0 Å². The SMILES string of the molecule is CCCC/C=C/C#CC#CCCCCCCCCCC[C@@H]1C[C@@H](COCc2ccccc2)OC1=O. The lowest BCUT2D eigenvalue weighted by Gasteiger charge is -2.09. The van der Waals surface area contributed by atoms with Crippen molar-refractivity contribution in [2.45, 2.75) is 110 Å². The van der Waals surface area contributed by atoms with E-state index in [-0.39, 0.29) is 18.0 Å². The van der Waals surface area contributed by atoms with Crippen molar-refractivity contribution in [3.05, 3.63) is 48.0 Å². The zero-order valence-electron chi connectivity index (χ0n) is 21.7. The summed E-state index contributed by atoms with van der Waals surface area (Å²) in [5, 5.41) is 0. The molecule has 3 heteroatoms. The minimum absolute atomic E-state index is 0.0316. The number of carbonyl (C=O) groups excluding carboxylic acids is 1. The zero-order chi connectivity index (χ0) is 24.8. The minimum atomic E-state index is -0.0830. The standard InChI is InChI=1S/C32H44O3/c1-2-3-4-5-6-7-8-9-10-11-12-13-14-15-16-17-18-22-25-30-26-31(35-32(30)33)28-34-27-29-23-20-19-21-24-29/h5-6,19-21,23-24,30-31H,2-4,11-18,22,25-28H2,1H3/b6-5+/t30-,31+/m1/s1. The molecule has 2 atom stereocenters. The Bertz CT molecular complexity index is 834. The fourth-order valence-electron chi connectivity index (χ4n) is 4.26. The first kappa shape index (κ1) is 28.7. The molecule has 1 aromatic carbocycles. The largest absolute Gasteiger partial charge is 0.460 e. The van der Waals surface area contributed by atoms with Gasteiger partial charge in [-0.2, -0.15) is 0 Å². The summed E-state index contributed by atoms with van der Waals surface area (Å²) >= 11 is 0. The van der Waals surface area contributed by atoms with E-state index in [1.54, 1.807) is 0 Å². The molecule has 0 aliphatic carbocycles. The van der Waals surface area contributed by atoms with Crippen LogP contribution in [0.3, 0.4) is 0 Å². The van der Waals surface area contributed by atoms with Crippen molar-refractivity contribution in [2.24, 2.45) is 5.92 Å². The van der Waals surface area contributed by atoms with Crippen molar-refractivity contribution in [3.8, 4) is 23.7 Å². The average molecular weight is 477 g/mol. The fourth-order valence-corrected chi connectivity index (χ4v) is 4.26. The van der Waals surface area contributed by atoms with E-state index in [4.69, 9.17) is 9.47 Å². The van der Waals surface area contributed by atoms with Gasteiger partial charge in [-0.1, -0.05) is 113 Å². The maximum absolute atomic E-state index is 12.1. The van der Waals surface area contributed by atoms with E-state index in [0.29, 0.717) is 13.2 Å². The van der Waals surface area contributed by atoms with E-state index in [2.05, 4.69) is 36.7 Å². The lowest BCUT2D eigenvalue weighted by molar-refractivity contribution is -0.146. The summed E-state index contributed by atoms with van der Waals surface area (Å²) < 4.78 is 11.3. The molecule has 1 saturated heterocycles. The van der Waals surface area contributed by atoms with Gasteiger partial charge in [-0.3, -0.25) is 4.79 Å². The van der Waals surface area contributed by atoms with Crippen LogP contribution in [-0.4, -0.2) is 18.7 Å². The number of benzene rings is 1. The van der Waals surface area contributed by atoms with Gasteiger partial charge in [-0.05, 0) is 49.2 Å². The molecule has 1 aliphatic heterocycles. The number of rotatable bonds is 17. The summed E-state index contributed by atoms with van der Waals surface area (Å²) in [6.07, 6.45) is 20.1. The molecule has 0 amide bonds. The Morgan fingerprint density at radius 2 is 1.71 bits per heavy atom. The predicted octanol–water partition coefficient (Wildman–Crippen LogP) is 7.79. The predicted molar refractivity (Wildman–Crippen MR) is 144 cm³/mol. The lowest BCUT2D eigenvalue weighted by Crippen LogP contribution is -2.14. The van der Waals surface area contributed by atoms with Crippen molar-refractivity contribution in [1.82, 2.24) is 0 Å². The third-order valence-electron chi connectivity index (χ3n) is 6.33. The van der Waals surface area contributed by atoms with Crippen LogP contribution in [0.4, 0.5) is 0 Å². The van der Waals surface area contributed by atoms with E-state index in [1.807, 2.05) is 36.4 Å². The molecular weight excluding hydrogens is 432 g/mol. The Kier molecular flexibility index (Phi) is 16.2. The molecule has 1 heterocycles. The van der Waals surface area contributed by atoms with Crippen molar-refractivity contribution < 1.29 is 14.3 Å². The second kappa shape index (κ2) is 19.8. The third-order valence-corrected chi connectivity index (χ3v) is 6.33. The second-order valence-electron chi connectivity index (χ2n) is 9.48. The number of carbonyl (C=O) groups is 1. The van der Waals surface area contributed by atoms with Gasteiger partial charge in [-0.25, -0.2) is 0 Å². The maximum Gasteiger partial charge on any atom is 0.309 e. The molecule has 35 heavy (non-hydrogen) atoms. The molecule has 0 spiro atoms. The maximum atomic E-state index is 12.1. The summed E-state index contributed by atoms with van der Waals surface area (Å²) in [7, 11) is 0. The zero-order valence-corrected chi connectivity index (χ0v) is 21.7. The van der Waals surface area contributed by atoms with E-state index in [0.717, 1.165) is 37.7 Å². The van der Waals surface area contributed by atoms with Crippen LogP contribution in [0.1, 0.15) is 102 Å². The highest BCUT2D eigenvalue weighted by molar-refractivity contribution is 5.74. The van der Waals surface area contributed by atoms with Crippen LogP contribution < -0.4 is 0 Å². The highest BCUT2D eigenvalue weighted by Gasteiger charge is 2.33. The molecule has 0 radical (unpaired) electrons. The first-order chi connectivity index (χ1) is 17.3. The Morgan fingerprint density at radius 1 is 0.971 bits per heavy atom. The molecule has 0 saturated carbocycles. The number of hydrogen-bond donors (Lipinski definition) is 0. The van der Waals surface area contributed by atoms with E-state index in [9.17, 15) is 4.79 Å². The van der Waals surface area contributed by atoms with Gasteiger partial charge < -0.3 is 9.47 Å². The van der Waals surface area contributed by atoms with Gasteiger partial charge in [0, 0.05) is 6.42 Å². The summed E-state index contributed by atoms with van der Waals surface area (Å²) in [5.74, 6) is 12.0. The first-order valence-corrected chi connectivity index (χ1v) is 13.7. The molecule has 0 bridgehead atoms. The fraction of sp³-hybridized carbons (Fsp3) is 0.594. The molecular formula is C32H44O3. The number of ether oxygens (including phenoxy) is 2. The van der Waals surface area contributed by atoms with E-state index in [1.165, 1.54) is 57.8 Å². The molecule has 190 valence electrons. The van der Waals surface area contributed by atoms with E-state index < -0.39 is 0 Å². The monoisotopic (exact) mass is 476 g/mol. The van der Waals surface area contributed by atoms with Crippen LogP contribution in [-0.2, 0) is 20.9 Å². The van der Waals surface area contributed by atoms with Gasteiger partial charge in [0.15, 0.2) is 0 Å². The molecule has 0 N–H and O–H groups in total. The van der Waals surface area contributed by atoms with Crippen LogP contribution in [0.2, 0.25) is 0 Å². The lowest BCUT2D eigenvalue weighted by atomic mass is 9.97. The Hall–Kier alpha value is -2.49. The third kappa shape index (κ3) is 14.5. The summed E-state index contributed by atoms with van der Waals surface area (Å²) in [4.78, 5) is 12.1. The summed E-state index contributed by atoms with van der Waals surface area (Å²) in [5.41, 5.74) is 1.15. The Balaban J connectivity index is 1.38. The van der Waals surface area contributed by atoms with Gasteiger partial charge in [0.2, 0.25) is 0 Å². The highest BCUT2D eigenvalue weighted by atomic mass is 16.6. The first-order valence-electron chi connectivity index (χ1n) is 13.7. The van der Waals surface area contributed by atoms with Gasteiger partial charge in [0.05, 0.1) is 19.1 Å². The van der Waals surface area contributed by atoms with Crippen LogP contribution in [0, 0.1) is 29.6 Å². The van der Waals surface area contributed by atoms with Crippen molar-refractivity contribution in [2.75, 3.05) is 6.61 Å². The van der Waals surface area contributed by atoms with Crippen molar-refractivity contribution >= 4 is 5.97 Å². The van der Waals surface area contributed by atoms with Gasteiger partial charge >= 0.3 is 5.97 Å². The molecule has 1 aliphatic rings. The summed E-state index contributed by atoms with van der Waals surface area (Å²) in [6, 6.07) is 10.1. The van der Waals surface area contributed by atoms with Crippen LogP contribution >= 0.6 is 0 Å². The highest BCUT2D eigenvalue weighted by Crippen LogP contribution is 2.27. The quantitative estimate of drug-likeness (QED) is 0.131. The van der Waals surface area contributed by atoms with Crippen molar-refractivity contribution in [3.63, 3.8) is 0 Å². The average Bonchev–Trinajstić information content (AvgIpc) is 3.23. The van der Waals surface area contributed by atoms with Crippen molar-refractivity contribution in [1.29, 1.82) is 0 Å². The minimum Gasteiger partial charge on any atom is -0.460 e. The van der Waals surface area contributed by atoms with Crippen LogP contribution in [0.25, 0.3) is 0 Å². The van der Waals surface area contributed by atoms with Gasteiger partial charge in [0.25, 0.3) is 0 Å². The Labute approximate surface area is 214 Å². The number of esters is 1. The number of hydrogen-bond acceptors (Lipinski definition) is 3. The normalized spacial score (nSPS) is 17.0. The molecule has 0 unspecified atom stereocenters. The molecule has 3 nitrogen and oxygen atoms in total. The molecule has 2 rings (SSSR count). The number of cyclic esters (lactones) is 1. The van der Waals surface area contributed by atoms with Gasteiger partial charge in [0.1, 0.15) is 6.10 Å². The Morgan fingerprint density at radius 3 is 2.49 bits per heavy atom. The number of unbranched alkanes of at least 4 members (excludes halogenated alkanes) is 10. The molecule has 0 aromatic heterocycles. The topological polar surface area (TPSA) is 35.5 Å². The molecule has 1 aromatic rings.